The van der Waals surface area contributed by atoms with Crippen LogP contribution in [0.1, 0.15) is 61.3 Å². The predicted octanol–water partition coefficient (Wildman–Crippen LogP) is 7.55. The predicted molar refractivity (Wildman–Crippen MR) is 157 cm³/mol. The molecule has 8 heteroatoms. The smallest absolute Gasteiger partial charge is 0.340 e. The van der Waals surface area contributed by atoms with Gasteiger partial charge >= 0.3 is 5.97 Å². The molecule has 0 fully saturated rings. The number of carbonyl (C=O) groups is 2. The number of rotatable bonds is 8. The van der Waals surface area contributed by atoms with Crippen LogP contribution in [-0.4, -0.2) is 30.0 Å². The highest BCUT2D eigenvalue weighted by Crippen LogP contribution is 2.45. The molecule has 0 bridgehead atoms. The maximum atomic E-state index is 14.8. The van der Waals surface area contributed by atoms with Crippen molar-refractivity contribution in [1.82, 2.24) is 4.98 Å². The molecule has 1 unspecified atom stereocenters. The van der Waals surface area contributed by atoms with Gasteiger partial charge in [-0.2, -0.15) is 4.39 Å². The number of hydrogen-bond donors (Lipinski definition) is 1. The lowest BCUT2D eigenvalue weighted by molar-refractivity contribution is -0.140. The third-order valence-corrected chi connectivity index (χ3v) is 7.48. The van der Waals surface area contributed by atoms with Gasteiger partial charge in [-0.1, -0.05) is 50.3 Å². The normalized spacial score (nSPS) is 16.0. The number of fused-ring (bicyclic) bond motifs is 3. The van der Waals surface area contributed by atoms with E-state index < -0.39 is 34.7 Å². The monoisotopic (exact) mass is 573 g/mol. The molecule has 1 aliphatic carbocycles. The van der Waals surface area contributed by atoms with Crippen molar-refractivity contribution in [2.75, 3.05) is 7.11 Å². The van der Waals surface area contributed by atoms with E-state index in [4.69, 9.17) is 14.2 Å². The Morgan fingerprint density at radius 3 is 2.45 bits per heavy atom. The average Bonchev–Trinajstić information content (AvgIpc) is 3.30. The first-order valence-electron chi connectivity index (χ1n) is 13.8. The maximum Gasteiger partial charge on any atom is 0.340 e. The Bertz CT molecular complexity index is 1680. The van der Waals surface area contributed by atoms with Crippen LogP contribution in [0.25, 0.3) is 16.5 Å². The van der Waals surface area contributed by atoms with E-state index in [1.165, 1.54) is 6.07 Å². The molecule has 218 valence electrons. The number of halogens is 2. The number of carbonyl (C=O) groups excluding carboxylic acids is 2. The van der Waals surface area contributed by atoms with Crippen LogP contribution in [0.4, 0.5) is 8.78 Å². The molecule has 0 saturated heterocycles. The van der Waals surface area contributed by atoms with Crippen LogP contribution < -0.4 is 9.47 Å². The third kappa shape index (κ3) is 5.66. The zero-order valence-corrected chi connectivity index (χ0v) is 24.2. The number of allylic oxidation sites excluding steroid dienone is 1. The van der Waals surface area contributed by atoms with E-state index in [2.05, 4.69) is 4.98 Å². The minimum atomic E-state index is -1.20. The second-order valence-electron chi connectivity index (χ2n) is 11.4. The number of ether oxygens (including phenoxy) is 3. The molecule has 0 saturated carbocycles. The number of H-pyrrole nitrogens is 1. The summed E-state index contributed by atoms with van der Waals surface area (Å²) in [5.41, 5.74) is 2.67. The molecule has 4 aromatic rings. The molecular weight excluding hydrogens is 540 g/mol. The Hall–Kier alpha value is -4.46. The summed E-state index contributed by atoms with van der Waals surface area (Å²) >= 11 is 0. The van der Waals surface area contributed by atoms with Gasteiger partial charge in [0, 0.05) is 22.4 Å². The van der Waals surface area contributed by atoms with Gasteiger partial charge in [0.2, 0.25) is 5.82 Å². The molecule has 1 atom stereocenters. The molecule has 0 aliphatic heterocycles. The summed E-state index contributed by atoms with van der Waals surface area (Å²) in [6.07, 6.45) is 1.53. The van der Waals surface area contributed by atoms with E-state index in [9.17, 15) is 18.4 Å². The number of hydrogen-bond acceptors (Lipinski definition) is 5. The minimum absolute atomic E-state index is 0.0404. The molecule has 1 heterocycles. The van der Waals surface area contributed by atoms with Gasteiger partial charge < -0.3 is 19.2 Å². The van der Waals surface area contributed by atoms with Crippen LogP contribution in [0.2, 0.25) is 0 Å². The lowest BCUT2D eigenvalue weighted by atomic mass is 9.75. The van der Waals surface area contributed by atoms with Gasteiger partial charge in [0.1, 0.15) is 12.4 Å². The van der Waals surface area contributed by atoms with Gasteiger partial charge in [-0.25, -0.2) is 9.18 Å². The highest BCUT2D eigenvalue weighted by molar-refractivity contribution is 6.19. The Kier molecular flexibility index (Phi) is 7.91. The van der Waals surface area contributed by atoms with Crippen molar-refractivity contribution in [1.29, 1.82) is 0 Å². The van der Waals surface area contributed by atoms with Crippen molar-refractivity contribution in [2.24, 2.45) is 5.92 Å². The van der Waals surface area contributed by atoms with Crippen LogP contribution in [0.15, 0.2) is 66.7 Å². The molecule has 42 heavy (non-hydrogen) atoms. The number of aromatic amines is 1. The number of benzene rings is 3. The molecule has 5 rings (SSSR count). The number of aromatic nitrogens is 1. The summed E-state index contributed by atoms with van der Waals surface area (Å²) in [5, 5.41) is 0.941. The van der Waals surface area contributed by atoms with Crippen LogP contribution >= 0.6 is 0 Å². The van der Waals surface area contributed by atoms with Crippen LogP contribution in [0.5, 0.6) is 11.5 Å². The molecule has 0 radical (unpaired) electrons. The summed E-state index contributed by atoms with van der Waals surface area (Å²) < 4.78 is 45.9. The second kappa shape index (κ2) is 11.4. The molecule has 1 aliphatic rings. The standard InChI is InChI=1S/C34H33F2NO5/c1-19(2)42-33(39)25-14-22(17-34(3,4)29-24-8-6-7-9-27(24)37-31(25)29)32(38)21-15-26(35)30(36)28(16-21)41-18-20-10-12-23(40-5)13-11-20/h6-16,19,22,37H,17-18H2,1-5H3. The minimum Gasteiger partial charge on any atom is -0.497 e. The van der Waals surface area contributed by atoms with Crippen molar-refractivity contribution < 1.29 is 32.6 Å². The summed E-state index contributed by atoms with van der Waals surface area (Å²) in [6, 6.07) is 16.8. The van der Waals surface area contributed by atoms with E-state index in [0.29, 0.717) is 23.4 Å². The second-order valence-corrected chi connectivity index (χ2v) is 11.4. The fraction of sp³-hybridized carbons (Fsp3) is 0.294. The molecule has 1 aromatic heterocycles. The van der Waals surface area contributed by atoms with Crippen molar-refractivity contribution in [3.05, 3.63) is 101 Å². The quantitative estimate of drug-likeness (QED) is 0.174. The zero-order chi connectivity index (χ0) is 30.2. The Balaban J connectivity index is 1.52. The van der Waals surface area contributed by atoms with Gasteiger partial charge in [-0.15, -0.1) is 0 Å². The van der Waals surface area contributed by atoms with E-state index in [1.54, 1.807) is 51.3 Å². The lowest BCUT2D eigenvalue weighted by Gasteiger charge is -2.27. The van der Waals surface area contributed by atoms with E-state index in [0.717, 1.165) is 22.5 Å². The molecule has 6 nitrogen and oxygen atoms in total. The summed E-state index contributed by atoms with van der Waals surface area (Å²) in [6.45, 7) is 7.48. The highest BCUT2D eigenvalue weighted by atomic mass is 19.2. The van der Waals surface area contributed by atoms with Crippen molar-refractivity contribution in [2.45, 2.75) is 52.2 Å². The van der Waals surface area contributed by atoms with E-state index in [-0.39, 0.29) is 29.6 Å². The number of esters is 1. The van der Waals surface area contributed by atoms with E-state index >= 15 is 0 Å². The first-order chi connectivity index (χ1) is 20.0. The SMILES string of the molecule is COc1ccc(COc2cc(C(=O)C3C=C(C(=O)OC(C)C)c4[nH]c5ccccc5c4C(C)(C)C3)cc(F)c2F)cc1. The fourth-order valence-corrected chi connectivity index (χ4v) is 5.57. The summed E-state index contributed by atoms with van der Waals surface area (Å²) in [7, 11) is 1.55. The van der Waals surface area contributed by atoms with Crippen molar-refractivity contribution in [3.63, 3.8) is 0 Å². The summed E-state index contributed by atoms with van der Waals surface area (Å²) in [4.78, 5) is 30.7. The average molecular weight is 574 g/mol. The van der Waals surface area contributed by atoms with Crippen LogP contribution in [-0.2, 0) is 21.6 Å². The first kappa shape index (κ1) is 29.0. The highest BCUT2D eigenvalue weighted by Gasteiger charge is 2.39. The van der Waals surface area contributed by atoms with Crippen LogP contribution in [0, 0.1) is 17.6 Å². The van der Waals surface area contributed by atoms with Gasteiger partial charge in [0.05, 0.1) is 24.5 Å². The molecule has 1 N–H and O–H groups in total. The molecule has 3 aromatic carbocycles. The van der Waals surface area contributed by atoms with Crippen LogP contribution in [0.3, 0.4) is 0 Å². The van der Waals surface area contributed by atoms with Crippen molar-refractivity contribution in [3.8, 4) is 11.5 Å². The van der Waals surface area contributed by atoms with Gasteiger partial charge in [0.25, 0.3) is 0 Å². The van der Waals surface area contributed by atoms with Gasteiger partial charge in [0.15, 0.2) is 17.3 Å². The number of methoxy groups -OCH3 is 1. The first-order valence-corrected chi connectivity index (χ1v) is 13.8. The number of nitrogens with one attached hydrogen (secondary N) is 1. The zero-order valence-electron chi connectivity index (χ0n) is 24.2. The van der Waals surface area contributed by atoms with Crippen molar-refractivity contribution >= 4 is 28.2 Å². The van der Waals surface area contributed by atoms with Gasteiger partial charge in [-0.3, -0.25) is 4.79 Å². The molecular formula is C34H33F2NO5. The number of Topliss-reactive ketones (excluding diaryl/α,β-unsaturated/α-hetero) is 1. The lowest BCUT2D eigenvalue weighted by Crippen LogP contribution is -2.25. The largest absolute Gasteiger partial charge is 0.497 e. The maximum absolute atomic E-state index is 14.8. The number of ketones is 1. The van der Waals surface area contributed by atoms with Gasteiger partial charge in [-0.05, 0) is 67.1 Å². The Labute approximate surface area is 243 Å². The fourth-order valence-electron chi connectivity index (χ4n) is 5.57. The topological polar surface area (TPSA) is 77.6 Å². The molecule has 0 spiro atoms. The van der Waals surface area contributed by atoms with E-state index in [1.807, 2.05) is 38.1 Å². The summed E-state index contributed by atoms with van der Waals surface area (Å²) in [5.74, 6) is -3.95. The molecule has 0 amide bonds. The Morgan fingerprint density at radius 1 is 1.05 bits per heavy atom. The third-order valence-electron chi connectivity index (χ3n) is 7.48. The Morgan fingerprint density at radius 2 is 1.76 bits per heavy atom. The number of para-hydroxylation sites is 1.